The van der Waals surface area contributed by atoms with Crippen LogP contribution in [-0.4, -0.2) is 28.2 Å². The van der Waals surface area contributed by atoms with Crippen molar-refractivity contribution in [1.82, 2.24) is 15.0 Å². The molecular weight excluding hydrogens is 266 g/mol. The third-order valence-electron chi connectivity index (χ3n) is 3.45. The van der Waals surface area contributed by atoms with E-state index in [4.69, 9.17) is 16.9 Å². The molecule has 1 atom stereocenters. The fourth-order valence-corrected chi connectivity index (χ4v) is 2.17. The van der Waals surface area contributed by atoms with Crippen molar-refractivity contribution in [3.63, 3.8) is 0 Å². The zero-order chi connectivity index (χ0) is 15.6. The number of nitrogens with one attached hydrogen (secondary N) is 1. The van der Waals surface area contributed by atoms with Gasteiger partial charge in [0.15, 0.2) is 0 Å². The van der Waals surface area contributed by atoms with E-state index in [2.05, 4.69) is 15.0 Å². The van der Waals surface area contributed by atoms with Gasteiger partial charge in [0.2, 0.25) is 0 Å². The Hall–Kier alpha value is -2.70. The Morgan fingerprint density at radius 1 is 1.29 bits per heavy atom. The number of aryl methyl sites for hydroxylation is 1. The standard InChI is InChI=1S/C14H19N7/c1-8(10-5-4-6-18-12(10)16)21(3)14-11(7-15)13(17)19-9(2)20-14/h4-8,15H,1-3H3,(H2,16,18)(H2,17,19,20)/t8-/m0/s1. The quantitative estimate of drug-likeness (QED) is 0.733. The highest BCUT2D eigenvalue weighted by Gasteiger charge is 2.20. The van der Waals surface area contributed by atoms with Crippen molar-refractivity contribution in [2.45, 2.75) is 19.9 Å². The smallest absolute Gasteiger partial charge is 0.143 e. The van der Waals surface area contributed by atoms with Crippen molar-refractivity contribution < 1.29 is 0 Å². The molecule has 0 bridgehead atoms. The second-order valence-electron chi connectivity index (χ2n) is 4.80. The van der Waals surface area contributed by atoms with Gasteiger partial charge in [0.1, 0.15) is 23.3 Å². The Bertz CT molecular complexity index is 668. The minimum absolute atomic E-state index is 0.0638. The Kier molecular flexibility index (Phi) is 4.02. The summed E-state index contributed by atoms with van der Waals surface area (Å²) in [5.41, 5.74) is 13.2. The third-order valence-corrected chi connectivity index (χ3v) is 3.45. The van der Waals surface area contributed by atoms with E-state index in [0.717, 1.165) is 5.56 Å². The first kappa shape index (κ1) is 14.7. The summed E-state index contributed by atoms with van der Waals surface area (Å²) in [6.07, 6.45) is 2.82. The molecule has 110 valence electrons. The summed E-state index contributed by atoms with van der Waals surface area (Å²) in [6, 6.07) is 3.70. The average Bonchev–Trinajstić information content (AvgIpc) is 2.45. The van der Waals surface area contributed by atoms with Gasteiger partial charge < -0.3 is 21.8 Å². The number of pyridine rings is 1. The van der Waals surface area contributed by atoms with Crippen molar-refractivity contribution in [3.05, 3.63) is 35.3 Å². The first-order chi connectivity index (χ1) is 9.95. The Morgan fingerprint density at radius 3 is 2.62 bits per heavy atom. The second kappa shape index (κ2) is 5.74. The summed E-state index contributed by atoms with van der Waals surface area (Å²) in [4.78, 5) is 14.5. The van der Waals surface area contributed by atoms with Crippen LogP contribution in [0.2, 0.25) is 0 Å². The molecule has 0 fully saturated rings. The Morgan fingerprint density at radius 2 is 2.00 bits per heavy atom. The van der Waals surface area contributed by atoms with Crippen LogP contribution in [0, 0.1) is 12.3 Å². The highest BCUT2D eigenvalue weighted by molar-refractivity contribution is 5.90. The van der Waals surface area contributed by atoms with Crippen LogP contribution in [0.4, 0.5) is 17.5 Å². The summed E-state index contributed by atoms with van der Waals surface area (Å²) in [5.74, 6) is 1.94. The largest absolute Gasteiger partial charge is 0.383 e. The van der Waals surface area contributed by atoms with Gasteiger partial charge in [-0.1, -0.05) is 6.07 Å². The van der Waals surface area contributed by atoms with Crippen molar-refractivity contribution in [3.8, 4) is 0 Å². The molecule has 21 heavy (non-hydrogen) atoms. The lowest BCUT2D eigenvalue weighted by Crippen LogP contribution is -2.26. The van der Waals surface area contributed by atoms with Crippen LogP contribution < -0.4 is 16.4 Å². The van der Waals surface area contributed by atoms with Gasteiger partial charge in [-0.2, -0.15) is 0 Å². The Labute approximate surface area is 123 Å². The van der Waals surface area contributed by atoms with Gasteiger partial charge in [0, 0.05) is 25.0 Å². The zero-order valence-electron chi connectivity index (χ0n) is 12.3. The second-order valence-corrected chi connectivity index (χ2v) is 4.80. The first-order valence-electron chi connectivity index (χ1n) is 6.53. The molecule has 0 aromatic carbocycles. The maximum atomic E-state index is 7.53. The molecule has 2 aromatic heterocycles. The average molecular weight is 285 g/mol. The van der Waals surface area contributed by atoms with Crippen molar-refractivity contribution in [2.24, 2.45) is 0 Å². The van der Waals surface area contributed by atoms with Gasteiger partial charge in [0.05, 0.1) is 11.6 Å². The third kappa shape index (κ3) is 2.76. The molecule has 0 unspecified atom stereocenters. The molecule has 7 nitrogen and oxygen atoms in total. The lowest BCUT2D eigenvalue weighted by atomic mass is 10.1. The molecule has 0 spiro atoms. The molecule has 0 amide bonds. The molecular formula is C14H19N7. The highest BCUT2D eigenvalue weighted by atomic mass is 15.2. The maximum Gasteiger partial charge on any atom is 0.143 e. The SMILES string of the molecule is Cc1nc(N)c(C=N)c(N(C)[C@@H](C)c2cccnc2N)n1. The summed E-state index contributed by atoms with van der Waals surface area (Å²) >= 11 is 0. The predicted octanol–water partition coefficient (Wildman–Crippen LogP) is 1.54. The van der Waals surface area contributed by atoms with Gasteiger partial charge in [-0.3, -0.25) is 0 Å². The topological polar surface area (TPSA) is 118 Å². The Balaban J connectivity index is 2.47. The number of aromatic nitrogens is 3. The number of nitrogens with two attached hydrogens (primary N) is 2. The molecule has 0 aliphatic carbocycles. The van der Waals surface area contributed by atoms with Gasteiger partial charge >= 0.3 is 0 Å². The lowest BCUT2D eigenvalue weighted by molar-refractivity contribution is 0.723. The van der Waals surface area contributed by atoms with Gasteiger partial charge in [-0.25, -0.2) is 15.0 Å². The zero-order valence-corrected chi connectivity index (χ0v) is 12.3. The van der Waals surface area contributed by atoms with Crippen LogP contribution in [0.25, 0.3) is 0 Å². The molecule has 7 heteroatoms. The van der Waals surface area contributed by atoms with E-state index in [0.29, 0.717) is 28.8 Å². The van der Waals surface area contributed by atoms with Crippen LogP contribution in [-0.2, 0) is 0 Å². The van der Waals surface area contributed by atoms with Crippen LogP contribution in [0.3, 0.4) is 0 Å². The molecule has 2 heterocycles. The summed E-state index contributed by atoms with van der Waals surface area (Å²) in [6.45, 7) is 3.76. The summed E-state index contributed by atoms with van der Waals surface area (Å²) < 4.78 is 0. The molecule has 0 radical (unpaired) electrons. The van der Waals surface area contributed by atoms with E-state index in [1.54, 1.807) is 13.1 Å². The van der Waals surface area contributed by atoms with E-state index < -0.39 is 0 Å². The van der Waals surface area contributed by atoms with E-state index in [9.17, 15) is 0 Å². The predicted molar refractivity (Wildman–Crippen MR) is 84.5 cm³/mol. The monoisotopic (exact) mass is 285 g/mol. The summed E-state index contributed by atoms with van der Waals surface area (Å²) in [7, 11) is 1.88. The van der Waals surface area contributed by atoms with E-state index in [1.807, 2.05) is 31.0 Å². The number of hydrogen-bond donors (Lipinski definition) is 3. The fourth-order valence-electron chi connectivity index (χ4n) is 2.17. The van der Waals surface area contributed by atoms with Crippen LogP contribution >= 0.6 is 0 Å². The molecule has 2 aromatic rings. The first-order valence-corrected chi connectivity index (χ1v) is 6.53. The molecule has 0 saturated heterocycles. The van der Waals surface area contributed by atoms with E-state index in [1.165, 1.54) is 6.21 Å². The minimum Gasteiger partial charge on any atom is -0.383 e. The number of hydrogen-bond acceptors (Lipinski definition) is 7. The molecule has 0 aliphatic rings. The van der Waals surface area contributed by atoms with Gasteiger partial charge in [-0.05, 0) is 19.9 Å². The highest BCUT2D eigenvalue weighted by Crippen LogP contribution is 2.29. The van der Waals surface area contributed by atoms with Crippen molar-refractivity contribution >= 4 is 23.7 Å². The molecule has 5 N–H and O–H groups in total. The number of anilines is 3. The molecule has 0 aliphatic heterocycles. The number of nitrogens with zero attached hydrogens (tertiary/aromatic N) is 4. The van der Waals surface area contributed by atoms with Crippen LogP contribution in [0.1, 0.15) is 29.9 Å². The fraction of sp³-hybridized carbons (Fsp3) is 0.286. The minimum atomic E-state index is -0.0638. The molecule has 2 rings (SSSR count). The van der Waals surface area contributed by atoms with Crippen molar-refractivity contribution in [2.75, 3.05) is 23.4 Å². The summed E-state index contributed by atoms with van der Waals surface area (Å²) in [5, 5.41) is 7.53. The van der Waals surface area contributed by atoms with Gasteiger partial charge in [0.25, 0.3) is 0 Å². The lowest BCUT2D eigenvalue weighted by Gasteiger charge is -2.28. The normalized spacial score (nSPS) is 12.0. The number of rotatable bonds is 4. The van der Waals surface area contributed by atoms with E-state index >= 15 is 0 Å². The van der Waals surface area contributed by atoms with Crippen molar-refractivity contribution in [1.29, 1.82) is 5.41 Å². The van der Waals surface area contributed by atoms with E-state index in [-0.39, 0.29) is 6.04 Å². The van der Waals surface area contributed by atoms with Crippen LogP contribution in [0.5, 0.6) is 0 Å². The molecule has 0 saturated carbocycles. The number of nitrogen functional groups attached to an aromatic ring is 2. The maximum absolute atomic E-state index is 7.53. The van der Waals surface area contributed by atoms with Gasteiger partial charge in [-0.15, -0.1) is 0 Å². The van der Waals surface area contributed by atoms with Crippen LogP contribution in [0.15, 0.2) is 18.3 Å².